The van der Waals surface area contributed by atoms with Crippen molar-refractivity contribution >= 4 is 5.82 Å². The van der Waals surface area contributed by atoms with E-state index >= 15 is 0 Å². The van der Waals surface area contributed by atoms with Crippen LogP contribution >= 0.6 is 0 Å². The zero-order valence-corrected chi connectivity index (χ0v) is 6.57. The number of nitrogens with zero attached hydrogens (tertiary/aromatic N) is 3. The molecule has 3 nitrogen and oxygen atoms in total. The number of rotatable bonds is 1. The van der Waals surface area contributed by atoms with Crippen LogP contribution in [0.4, 0.5) is 5.82 Å². The third-order valence-corrected chi connectivity index (χ3v) is 1.38. The molecule has 0 aromatic carbocycles. The topological polar surface area (TPSA) is 30.1 Å². The lowest BCUT2D eigenvalue weighted by molar-refractivity contribution is 0.789. The molecule has 0 aliphatic carbocycles. The molecule has 0 radical (unpaired) electrons. The van der Waals surface area contributed by atoms with Crippen molar-refractivity contribution in [1.29, 1.82) is 0 Å². The number of hydrogen-bond acceptors (Lipinski definition) is 2. The first kappa shape index (κ1) is 7.67. The summed E-state index contributed by atoms with van der Waals surface area (Å²) in [5, 5.41) is 7.60. The number of hydrogen-bond donors (Lipinski definition) is 0. The van der Waals surface area contributed by atoms with Gasteiger partial charge in [-0.1, -0.05) is 25.5 Å². The minimum Gasteiger partial charge on any atom is -0.359 e. The van der Waals surface area contributed by atoms with Crippen LogP contribution in [0.3, 0.4) is 0 Å². The molecule has 1 heterocycles. The molecule has 1 aromatic rings. The van der Waals surface area contributed by atoms with Gasteiger partial charge in [0.2, 0.25) is 0 Å². The molecule has 0 saturated carbocycles. The molecule has 0 fully saturated rings. The van der Waals surface area contributed by atoms with Crippen molar-refractivity contribution in [1.82, 2.24) is 10.2 Å². The van der Waals surface area contributed by atoms with Crippen LogP contribution in [0.1, 0.15) is 25.5 Å². The smallest absolute Gasteiger partial charge is 0.296 e. The van der Waals surface area contributed by atoms with Gasteiger partial charge in [-0.3, -0.25) is 0 Å². The third-order valence-electron chi connectivity index (χ3n) is 1.38. The Balaban J connectivity index is 2.94. The Hall–Kier alpha value is -1.43. The van der Waals surface area contributed by atoms with E-state index in [-0.39, 0.29) is 0 Å². The molecule has 3 heteroatoms. The Bertz CT molecular complexity index is 268. The Morgan fingerprint density at radius 1 is 1.36 bits per heavy atom. The zero-order chi connectivity index (χ0) is 8.27. The molecular formula is C8H9N3. The van der Waals surface area contributed by atoms with E-state index in [0.29, 0.717) is 11.7 Å². The van der Waals surface area contributed by atoms with Crippen LogP contribution in [0.15, 0.2) is 12.1 Å². The predicted octanol–water partition coefficient (Wildman–Crippen LogP) is 2.15. The van der Waals surface area contributed by atoms with E-state index in [2.05, 4.69) is 15.0 Å². The fourth-order valence-corrected chi connectivity index (χ4v) is 0.703. The maximum atomic E-state index is 6.64. The second-order valence-corrected chi connectivity index (χ2v) is 2.58. The maximum Gasteiger partial charge on any atom is 0.296 e. The fourth-order valence-electron chi connectivity index (χ4n) is 0.703. The normalized spacial score (nSPS) is 9.64. The van der Waals surface area contributed by atoms with Crippen molar-refractivity contribution in [3.63, 3.8) is 0 Å². The first-order valence-corrected chi connectivity index (χ1v) is 3.45. The summed E-state index contributed by atoms with van der Waals surface area (Å²) in [5.74, 6) is 0.733. The highest BCUT2D eigenvalue weighted by atomic mass is 15.1. The molecule has 1 aromatic heterocycles. The van der Waals surface area contributed by atoms with Crippen LogP contribution in [-0.2, 0) is 0 Å². The Kier molecular flexibility index (Phi) is 2.17. The van der Waals surface area contributed by atoms with Crippen LogP contribution in [0, 0.1) is 6.57 Å². The summed E-state index contributed by atoms with van der Waals surface area (Å²) < 4.78 is 0. The van der Waals surface area contributed by atoms with Crippen molar-refractivity contribution in [3.05, 3.63) is 29.2 Å². The molecule has 56 valence electrons. The second-order valence-electron chi connectivity index (χ2n) is 2.58. The van der Waals surface area contributed by atoms with E-state index in [0.717, 1.165) is 5.69 Å². The molecule has 0 bridgehead atoms. The Morgan fingerprint density at radius 2 is 2.09 bits per heavy atom. The van der Waals surface area contributed by atoms with Crippen LogP contribution in [0.5, 0.6) is 0 Å². The van der Waals surface area contributed by atoms with Crippen molar-refractivity contribution in [3.8, 4) is 0 Å². The summed E-state index contributed by atoms with van der Waals surface area (Å²) in [5.41, 5.74) is 0.928. The van der Waals surface area contributed by atoms with Gasteiger partial charge in [0.15, 0.2) is 0 Å². The van der Waals surface area contributed by atoms with Gasteiger partial charge in [0.05, 0.1) is 5.69 Å². The largest absolute Gasteiger partial charge is 0.359 e. The van der Waals surface area contributed by atoms with Gasteiger partial charge in [0, 0.05) is 0 Å². The average molecular weight is 147 g/mol. The van der Waals surface area contributed by atoms with Gasteiger partial charge >= 0.3 is 0 Å². The van der Waals surface area contributed by atoms with Gasteiger partial charge in [0.25, 0.3) is 5.82 Å². The molecule has 0 atom stereocenters. The molecule has 0 unspecified atom stereocenters. The molecule has 0 saturated heterocycles. The minimum atomic E-state index is 0.356. The second kappa shape index (κ2) is 3.11. The SMILES string of the molecule is [C-]#[N+]c1ccc(C(C)C)nn1. The first-order valence-electron chi connectivity index (χ1n) is 3.45. The van der Waals surface area contributed by atoms with Crippen molar-refractivity contribution in [2.45, 2.75) is 19.8 Å². The van der Waals surface area contributed by atoms with E-state index in [9.17, 15) is 0 Å². The zero-order valence-electron chi connectivity index (χ0n) is 6.57. The van der Waals surface area contributed by atoms with Crippen molar-refractivity contribution in [2.75, 3.05) is 0 Å². The van der Waals surface area contributed by atoms with E-state index in [1.807, 2.05) is 19.9 Å². The predicted molar refractivity (Wildman–Crippen MR) is 42.4 cm³/mol. The molecule has 0 aliphatic heterocycles. The van der Waals surface area contributed by atoms with E-state index < -0.39 is 0 Å². The standard InChI is InChI=1S/C8H9N3/c1-6(2)7-4-5-8(9-3)11-10-7/h4-6H,1-2H3. The van der Waals surface area contributed by atoms with Crippen molar-refractivity contribution < 1.29 is 0 Å². The molecule has 0 N–H and O–H groups in total. The summed E-state index contributed by atoms with van der Waals surface area (Å²) in [6, 6.07) is 3.53. The minimum absolute atomic E-state index is 0.356. The van der Waals surface area contributed by atoms with Gasteiger partial charge in [-0.2, -0.15) is 0 Å². The summed E-state index contributed by atoms with van der Waals surface area (Å²) in [6.45, 7) is 10.7. The highest BCUT2D eigenvalue weighted by molar-refractivity contribution is 5.33. The van der Waals surface area contributed by atoms with Gasteiger partial charge in [-0.15, -0.1) is 0 Å². The van der Waals surface area contributed by atoms with Crippen LogP contribution in [-0.4, -0.2) is 10.2 Å². The maximum absolute atomic E-state index is 6.64. The van der Waals surface area contributed by atoms with Gasteiger partial charge in [-0.25, -0.2) is 0 Å². The lowest BCUT2D eigenvalue weighted by Gasteiger charge is -1.98. The third kappa shape index (κ3) is 1.74. The lowest BCUT2D eigenvalue weighted by Crippen LogP contribution is -1.93. The van der Waals surface area contributed by atoms with E-state index in [4.69, 9.17) is 6.57 Å². The van der Waals surface area contributed by atoms with Crippen LogP contribution in [0.25, 0.3) is 4.85 Å². The first-order chi connectivity index (χ1) is 5.24. The van der Waals surface area contributed by atoms with E-state index in [1.54, 1.807) is 6.07 Å². The van der Waals surface area contributed by atoms with Gasteiger partial charge < -0.3 is 4.85 Å². The van der Waals surface area contributed by atoms with Crippen LogP contribution in [0.2, 0.25) is 0 Å². The molecule has 1 rings (SSSR count). The Morgan fingerprint density at radius 3 is 2.45 bits per heavy atom. The molecule has 0 aliphatic rings. The highest BCUT2D eigenvalue weighted by Gasteiger charge is 2.02. The Labute approximate surface area is 65.9 Å². The molecule has 0 amide bonds. The quantitative estimate of drug-likeness (QED) is 0.570. The van der Waals surface area contributed by atoms with Crippen LogP contribution < -0.4 is 0 Å². The summed E-state index contributed by atoms with van der Waals surface area (Å²) in [4.78, 5) is 3.15. The average Bonchev–Trinajstić information content (AvgIpc) is 2.05. The lowest BCUT2D eigenvalue weighted by atomic mass is 10.1. The van der Waals surface area contributed by atoms with Gasteiger partial charge in [-0.05, 0) is 23.1 Å². The van der Waals surface area contributed by atoms with Gasteiger partial charge in [0.1, 0.15) is 0 Å². The van der Waals surface area contributed by atoms with E-state index in [1.165, 1.54) is 0 Å². The van der Waals surface area contributed by atoms with Crippen molar-refractivity contribution in [2.24, 2.45) is 0 Å². The number of aromatic nitrogens is 2. The molecule has 0 spiro atoms. The monoisotopic (exact) mass is 147 g/mol. The highest BCUT2D eigenvalue weighted by Crippen LogP contribution is 2.12. The fraction of sp³-hybridized carbons (Fsp3) is 0.375. The molecule has 11 heavy (non-hydrogen) atoms. The summed E-state index contributed by atoms with van der Waals surface area (Å²) in [6.07, 6.45) is 0. The molecular weight excluding hydrogens is 138 g/mol. The summed E-state index contributed by atoms with van der Waals surface area (Å²) >= 11 is 0. The summed E-state index contributed by atoms with van der Waals surface area (Å²) in [7, 11) is 0.